The number of esters is 1. The maximum absolute atomic E-state index is 12.5. The van der Waals surface area contributed by atoms with E-state index in [0.717, 1.165) is 29.3 Å². The molecule has 1 heterocycles. The number of hydrogen-bond acceptors (Lipinski definition) is 5. The molecular weight excluding hydrogens is 372 g/mol. The number of likely N-dealkylation sites (N-methyl/N-ethyl adjacent to an activating group) is 1. The van der Waals surface area contributed by atoms with Gasteiger partial charge in [0.1, 0.15) is 10.4 Å². The fourth-order valence-electron chi connectivity index (χ4n) is 3.33. The van der Waals surface area contributed by atoms with Gasteiger partial charge in [-0.25, -0.2) is 4.79 Å². The molecule has 0 unspecified atom stereocenters. The van der Waals surface area contributed by atoms with Gasteiger partial charge in [0.25, 0.3) is 5.91 Å². The van der Waals surface area contributed by atoms with Gasteiger partial charge in [-0.3, -0.25) is 4.79 Å². The topological polar surface area (TPSA) is 70.4 Å². The summed E-state index contributed by atoms with van der Waals surface area (Å²) in [6.07, 6.45) is 4.22. The Labute approximate surface area is 161 Å². The molecule has 1 saturated carbocycles. The molecule has 0 radical (unpaired) electrons. The number of amides is 1. The predicted octanol–water partition coefficient (Wildman–Crippen LogP) is 4.40. The van der Waals surface area contributed by atoms with Gasteiger partial charge in [0.15, 0.2) is 6.61 Å². The molecule has 1 aliphatic rings. The maximum atomic E-state index is 12.5. The van der Waals surface area contributed by atoms with Crippen molar-refractivity contribution >= 4 is 44.9 Å². The smallest absolute Gasteiger partial charge is 0.350 e. The number of carbonyl (C=O) groups excluding carboxylic acids is 2. The Morgan fingerprint density at radius 2 is 2.00 bits per heavy atom. The first kappa shape index (κ1) is 18.7. The van der Waals surface area contributed by atoms with Crippen molar-refractivity contribution in [1.29, 1.82) is 5.26 Å². The van der Waals surface area contributed by atoms with Crippen LogP contribution in [0.2, 0.25) is 5.02 Å². The van der Waals surface area contributed by atoms with Crippen LogP contribution in [0.25, 0.3) is 10.1 Å². The van der Waals surface area contributed by atoms with Crippen molar-refractivity contribution in [2.45, 2.75) is 37.6 Å². The Morgan fingerprint density at radius 1 is 1.31 bits per heavy atom. The monoisotopic (exact) mass is 390 g/mol. The fourth-order valence-corrected chi connectivity index (χ4v) is 4.73. The van der Waals surface area contributed by atoms with Crippen LogP contribution in [0, 0.1) is 11.3 Å². The molecule has 0 aliphatic heterocycles. The number of ether oxygens (including phenoxy) is 1. The summed E-state index contributed by atoms with van der Waals surface area (Å²) in [7, 11) is 1.61. The summed E-state index contributed by atoms with van der Waals surface area (Å²) in [5, 5.41) is 10.7. The Hall–Kier alpha value is -2.10. The number of benzene rings is 1. The van der Waals surface area contributed by atoms with Gasteiger partial charge in [0, 0.05) is 17.1 Å². The van der Waals surface area contributed by atoms with Gasteiger partial charge in [-0.1, -0.05) is 49.1 Å². The summed E-state index contributed by atoms with van der Waals surface area (Å²) in [4.78, 5) is 26.5. The molecule has 7 heteroatoms. The summed E-state index contributed by atoms with van der Waals surface area (Å²) in [6, 6.07) is 9.72. The van der Waals surface area contributed by atoms with Crippen LogP contribution in [0.4, 0.5) is 0 Å². The molecular formula is C19H19ClN2O3S. The standard InChI is InChI=1S/C19H19ClN2O3S/c1-22(19(12-21)9-5-2-6-10-19)15(23)11-25-18(24)17-16(20)13-7-3-4-8-14(13)26-17/h3-4,7-8H,2,5-6,9-11H2,1H3. The Bertz CT molecular complexity index is 881. The lowest BCUT2D eigenvalue weighted by Gasteiger charge is -2.38. The predicted molar refractivity (Wildman–Crippen MR) is 101 cm³/mol. The van der Waals surface area contributed by atoms with Crippen molar-refractivity contribution in [3.05, 3.63) is 34.2 Å². The molecule has 0 N–H and O–H groups in total. The first-order chi connectivity index (χ1) is 12.5. The second-order valence-corrected chi connectivity index (χ2v) is 7.90. The zero-order valence-electron chi connectivity index (χ0n) is 14.5. The molecule has 0 saturated heterocycles. The lowest BCUT2D eigenvalue weighted by molar-refractivity contribution is -0.138. The summed E-state index contributed by atoms with van der Waals surface area (Å²) < 4.78 is 6.08. The van der Waals surface area contributed by atoms with Gasteiger partial charge in [-0.2, -0.15) is 5.26 Å². The maximum Gasteiger partial charge on any atom is 0.350 e. The van der Waals surface area contributed by atoms with Gasteiger partial charge in [0.2, 0.25) is 0 Å². The third-order valence-corrected chi connectivity index (χ3v) is 6.61. The molecule has 26 heavy (non-hydrogen) atoms. The molecule has 1 aromatic carbocycles. The highest BCUT2D eigenvalue weighted by molar-refractivity contribution is 7.21. The van der Waals surface area contributed by atoms with E-state index in [9.17, 15) is 14.9 Å². The van der Waals surface area contributed by atoms with E-state index < -0.39 is 18.1 Å². The second-order valence-electron chi connectivity index (χ2n) is 6.47. The third kappa shape index (κ3) is 3.42. The summed E-state index contributed by atoms with van der Waals surface area (Å²) in [5.74, 6) is -0.994. The number of hydrogen-bond donors (Lipinski definition) is 0. The van der Waals surface area contributed by atoms with Crippen molar-refractivity contribution in [1.82, 2.24) is 4.90 Å². The van der Waals surface area contributed by atoms with Gasteiger partial charge in [-0.15, -0.1) is 11.3 Å². The Morgan fingerprint density at radius 3 is 2.65 bits per heavy atom. The third-order valence-electron chi connectivity index (χ3n) is 4.95. The van der Waals surface area contributed by atoms with Gasteiger partial charge in [-0.05, 0) is 18.9 Å². The number of halogens is 1. The van der Waals surface area contributed by atoms with E-state index in [1.54, 1.807) is 7.05 Å². The highest BCUT2D eigenvalue weighted by Gasteiger charge is 2.39. The van der Waals surface area contributed by atoms with Gasteiger partial charge < -0.3 is 9.64 Å². The minimum absolute atomic E-state index is 0.288. The largest absolute Gasteiger partial charge is 0.451 e. The van der Waals surface area contributed by atoms with E-state index in [2.05, 4.69) is 6.07 Å². The van der Waals surface area contributed by atoms with Gasteiger partial charge in [0.05, 0.1) is 11.1 Å². The molecule has 2 aromatic rings. The van der Waals surface area contributed by atoms with E-state index in [1.807, 2.05) is 24.3 Å². The first-order valence-electron chi connectivity index (χ1n) is 8.50. The average Bonchev–Trinajstić information content (AvgIpc) is 3.02. The molecule has 1 amide bonds. The molecule has 0 atom stereocenters. The molecule has 1 aromatic heterocycles. The van der Waals surface area contributed by atoms with Crippen molar-refractivity contribution in [3.8, 4) is 6.07 Å². The van der Waals surface area contributed by atoms with Crippen LogP contribution in [-0.4, -0.2) is 36.0 Å². The molecule has 0 spiro atoms. The SMILES string of the molecule is CN(C(=O)COC(=O)c1sc2ccccc2c1Cl)C1(C#N)CCCCC1. The van der Waals surface area contributed by atoms with Crippen LogP contribution in [-0.2, 0) is 9.53 Å². The number of fused-ring (bicyclic) bond motifs is 1. The number of nitrogens with zero attached hydrogens (tertiary/aromatic N) is 2. The van der Waals surface area contributed by atoms with E-state index in [4.69, 9.17) is 16.3 Å². The lowest BCUT2D eigenvalue weighted by Crippen LogP contribution is -2.51. The second kappa shape index (κ2) is 7.65. The first-order valence-corrected chi connectivity index (χ1v) is 9.70. The number of nitriles is 1. The number of rotatable bonds is 4. The lowest BCUT2D eigenvalue weighted by atomic mass is 9.81. The summed E-state index contributed by atoms with van der Waals surface area (Å²) in [6.45, 7) is -0.399. The quantitative estimate of drug-likeness (QED) is 0.725. The van der Waals surface area contributed by atoms with Crippen molar-refractivity contribution in [2.75, 3.05) is 13.7 Å². The van der Waals surface area contributed by atoms with Crippen LogP contribution in [0.5, 0.6) is 0 Å². The normalized spacial score (nSPS) is 16.0. The Kier molecular flexibility index (Phi) is 5.49. The fraction of sp³-hybridized carbons (Fsp3) is 0.421. The van der Waals surface area contributed by atoms with E-state index in [0.29, 0.717) is 17.9 Å². The molecule has 3 rings (SSSR count). The average molecular weight is 391 g/mol. The molecule has 1 fully saturated rings. The van der Waals surface area contributed by atoms with Crippen LogP contribution in [0.1, 0.15) is 41.8 Å². The Balaban J connectivity index is 1.67. The number of carbonyl (C=O) groups is 2. The van der Waals surface area contributed by atoms with Crippen molar-refractivity contribution in [2.24, 2.45) is 0 Å². The van der Waals surface area contributed by atoms with Crippen LogP contribution < -0.4 is 0 Å². The zero-order chi connectivity index (χ0) is 18.7. The van der Waals surface area contributed by atoms with Crippen LogP contribution in [0.3, 0.4) is 0 Å². The molecule has 0 bridgehead atoms. The minimum atomic E-state index is -0.795. The van der Waals surface area contributed by atoms with Crippen LogP contribution >= 0.6 is 22.9 Å². The van der Waals surface area contributed by atoms with E-state index in [-0.39, 0.29) is 10.8 Å². The van der Waals surface area contributed by atoms with E-state index >= 15 is 0 Å². The summed E-state index contributed by atoms with van der Waals surface area (Å²) >= 11 is 7.51. The van der Waals surface area contributed by atoms with Crippen molar-refractivity contribution in [3.63, 3.8) is 0 Å². The minimum Gasteiger partial charge on any atom is -0.451 e. The summed E-state index contributed by atoms with van der Waals surface area (Å²) in [5.41, 5.74) is -0.795. The zero-order valence-corrected chi connectivity index (χ0v) is 16.0. The van der Waals surface area contributed by atoms with Gasteiger partial charge >= 0.3 is 5.97 Å². The molecule has 136 valence electrons. The van der Waals surface area contributed by atoms with E-state index in [1.165, 1.54) is 16.2 Å². The van der Waals surface area contributed by atoms with Crippen molar-refractivity contribution < 1.29 is 14.3 Å². The number of thiophene rings is 1. The highest BCUT2D eigenvalue weighted by Crippen LogP contribution is 2.36. The molecule has 1 aliphatic carbocycles. The molecule has 5 nitrogen and oxygen atoms in total. The highest BCUT2D eigenvalue weighted by atomic mass is 35.5. The van der Waals surface area contributed by atoms with Crippen LogP contribution in [0.15, 0.2) is 24.3 Å².